The number of alkyl halides is 1. The predicted octanol–water partition coefficient (Wildman–Crippen LogP) is 4.31. The van der Waals surface area contributed by atoms with E-state index < -0.39 is 65.6 Å². The largest absolute Gasteiger partial charge is 0.455 e. The molecule has 54 heavy (non-hydrogen) atoms. The van der Waals surface area contributed by atoms with Gasteiger partial charge in [0.15, 0.2) is 0 Å². The summed E-state index contributed by atoms with van der Waals surface area (Å²) in [7, 11) is 0. The smallest absolute Gasteiger partial charge is 0.313 e. The highest BCUT2D eigenvalue weighted by Crippen LogP contribution is 2.61. The Morgan fingerprint density at radius 1 is 1.13 bits per heavy atom. The van der Waals surface area contributed by atoms with Gasteiger partial charge in [0.25, 0.3) is 0 Å². The monoisotopic (exact) mass is 804 g/mol. The highest BCUT2D eigenvalue weighted by molar-refractivity contribution is 9.09. The maximum atomic E-state index is 15.1. The van der Waals surface area contributed by atoms with Crippen LogP contribution in [0.2, 0.25) is 0 Å². The van der Waals surface area contributed by atoms with E-state index in [9.17, 15) is 19.5 Å². The van der Waals surface area contributed by atoms with Crippen molar-refractivity contribution in [2.45, 2.75) is 93.9 Å². The van der Waals surface area contributed by atoms with E-state index in [0.29, 0.717) is 23.9 Å². The Bertz CT molecular complexity index is 1870. The van der Waals surface area contributed by atoms with Gasteiger partial charge in [-0.3, -0.25) is 19.2 Å². The molecule has 3 amide bonds. The van der Waals surface area contributed by atoms with Gasteiger partial charge in [-0.15, -0.1) is 18.3 Å². The number of carbonyl (C=O) groups is 4. The van der Waals surface area contributed by atoms with Gasteiger partial charge in [0.05, 0.1) is 42.1 Å². The number of nitrogens with zero attached hydrogens (tertiary/aromatic N) is 5. The number of benzene rings is 2. The Balaban J connectivity index is 1.37. The number of carbonyl (C=O) groups excluding carboxylic acids is 4. The first-order valence-electron chi connectivity index (χ1n) is 18.5. The maximum Gasteiger partial charge on any atom is 0.313 e. The van der Waals surface area contributed by atoms with Crippen molar-refractivity contribution in [2.24, 2.45) is 17.8 Å². The van der Waals surface area contributed by atoms with Crippen LogP contribution >= 0.6 is 15.9 Å². The number of hydrogen-bond donors (Lipinski definition) is 2. The summed E-state index contributed by atoms with van der Waals surface area (Å²) in [6.07, 6.45) is 3.03. The molecule has 14 heteroatoms. The molecule has 2 bridgehead atoms. The van der Waals surface area contributed by atoms with E-state index in [1.807, 2.05) is 68.4 Å². The lowest BCUT2D eigenvalue weighted by atomic mass is 9.70. The fourth-order valence-electron chi connectivity index (χ4n) is 8.50. The topological polar surface area (TPSA) is 156 Å². The summed E-state index contributed by atoms with van der Waals surface area (Å²) in [5.74, 6) is -3.80. The van der Waals surface area contributed by atoms with Crippen molar-refractivity contribution in [1.29, 1.82) is 0 Å². The predicted molar refractivity (Wildman–Crippen MR) is 205 cm³/mol. The van der Waals surface area contributed by atoms with Crippen molar-refractivity contribution in [3.8, 4) is 0 Å². The van der Waals surface area contributed by atoms with E-state index >= 15 is 4.79 Å². The van der Waals surface area contributed by atoms with E-state index in [-0.39, 0.29) is 49.3 Å². The van der Waals surface area contributed by atoms with Crippen LogP contribution < -0.4 is 5.32 Å². The lowest BCUT2D eigenvalue weighted by Crippen LogP contribution is -2.59. The number of esters is 1. The van der Waals surface area contributed by atoms with Gasteiger partial charge in [-0.2, -0.15) is 0 Å². The molecule has 288 valence electrons. The molecule has 2 aromatic carbocycles. The molecule has 1 spiro atoms. The molecular formula is C40H49BrN6O7. The second-order valence-electron chi connectivity index (χ2n) is 14.9. The van der Waals surface area contributed by atoms with Gasteiger partial charge in [-0.25, -0.2) is 4.68 Å². The zero-order valence-electron chi connectivity index (χ0n) is 30.9. The third-order valence-electron chi connectivity index (χ3n) is 10.8. The van der Waals surface area contributed by atoms with Crippen LogP contribution in [0.3, 0.4) is 0 Å². The molecule has 1 unspecified atom stereocenters. The van der Waals surface area contributed by atoms with Crippen LogP contribution in [0.25, 0.3) is 11.0 Å². The number of hydrogen-bond acceptors (Lipinski definition) is 9. The van der Waals surface area contributed by atoms with Crippen LogP contribution in [0.1, 0.15) is 58.1 Å². The molecule has 0 aliphatic carbocycles. The molecule has 6 rings (SSSR count). The van der Waals surface area contributed by atoms with E-state index in [0.717, 1.165) is 5.52 Å². The molecule has 3 saturated heterocycles. The van der Waals surface area contributed by atoms with Crippen molar-refractivity contribution in [3.05, 3.63) is 85.5 Å². The van der Waals surface area contributed by atoms with Crippen molar-refractivity contribution in [2.75, 3.05) is 13.2 Å². The first-order chi connectivity index (χ1) is 25.9. The highest BCUT2D eigenvalue weighted by atomic mass is 79.9. The van der Waals surface area contributed by atoms with Crippen LogP contribution in [0.5, 0.6) is 0 Å². The normalized spacial score (nSPS) is 26.0. The van der Waals surface area contributed by atoms with Crippen molar-refractivity contribution in [1.82, 2.24) is 30.1 Å². The second kappa shape index (κ2) is 16.5. The molecule has 3 aliphatic heterocycles. The minimum Gasteiger partial charge on any atom is -0.455 e. The van der Waals surface area contributed by atoms with Gasteiger partial charge >= 0.3 is 5.97 Å². The molecule has 13 nitrogen and oxygen atoms in total. The van der Waals surface area contributed by atoms with E-state index in [4.69, 9.17) is 9.47 Å². The maximum absolute atomic E-state index is 15.1. The Hall–Kier alpha value is -4.40. The number of aliphatic hydroxyl groups is 1. The number of aliphatic hydroxyl groups excluding tert-OH is 1. The average Bonchev–Trinajstić information content (AvgIpc) is 3.88. The Labute approximate surface area is 323 Å². The SMILES string of the molecule is C=CCCC(=O)N[C@H](C)[C@@H](OC(=O)[C@H]1[C@@H]2O[C@@]3(CC2Br)[C@@H]1C(=O)N([C@@H](CO)CC(C)C)[C@@H]3C(=O)N(CC=C)Cn1nnc2ccccc21)c1ccccc1. The molecule has 4 heterocycles. The van der Waals surface area contributed by atoms with Crippen molar-refractivity contribution in [3.63, 3.8) is 0 Å². The van der Waals surface area contributed by atoms with E-state index in [1.165, 1.54) is 4.90 Å². The van der Waals surface area contributed by atoms with Crippen LogP contribution in [0.4, 0.5) is 0 Å². The lowest BCUT2D eigenvalue weighted by molar-refractivity contribution is -0.162. The molecule has 3 aromatic rings. The minimum absolute atomic E-state index is 0.0143. The Morgan fingerprint density at radius 3 is 2.54 bits per heavy atom. The van der Waals surface area contributed by atoms with Gasteiger partial charge in [0.1, 0.15) is 29.9 Å². The van der Waals surface area contributed by atoms with Crippen LogP contribution in [-0.2, 0) is 35.3 Å². The number of rotatable bonds is 17. The Morgan fingerprint density at radius 2 is 1.85 bits per heavy atom. The van der Waals surface area contributed by atoms with Gasteiger partial charge in [-0.1, -0.05) is 89.6 Å². The first kappa shape index (κ1) is 39.3. The summed E-state index contributed by atoms with van der Waals surface area (Å²) >= 11 is 3.75. The number of ether oxygens (including phenoxy) is 2. The molecule has 0 radical (unpaired) electrons. The van der Waals surface area contributed by atoms with Gasteiger partial charge < -0.3 is 29.7 Å². The number of likely N-dealkylation sites (tertiary alicyclic amines) is 1. The quantitative estimate of drug-likeness (QED) is 0.115. The third-order valence-corrected chi connectivity index (χ3v) is 11.6. The zero-order chi connectivity index (χ0) is 38.7. The Kier molecular flexibility index (Phi) is 12.0. The number of para-hydroxylation sites is 1. The molecule has 3 aliphatic rings. The van der Waals surface area contributed by atoms with E-state index in [2.05, 4.69) is 44.7 Å². The second-order valence-corrected chi connectivity index (χ2v) is 16.1. The number of nitrogens with one attached hydrogen (secondary N) is 1. The summed E-state index contributed by atoms with van der Waals surface area (Å²) in [6, 6.07) is 14.0. The summed E-state index contributed by atoms with van der Waals surface area (Å²) in [5, 5.41) is 22.3. The zero-order valence-corrected chi connectivity index (χ0v) is 32.5. The number of aromatic nitrogens is 3. The summed E-state index contributed by atoms with van der Waals surface area (Å²) < 4.78 is 14.7. The molecule has 0 saturated carbocycles. The van der Waals surface area contributed by atoms with Gasteiger partial charge in [0, 0.05) is 17.8 Å². The first-order valence-corrected chi connectivity index (χ1v) is 19.5. The van der Waals surface area contributed by atoms with Gasteiger partial charge in [-0.05, 0) is 49.8 Å². The molecule has 9 atom stereocenters. The standard InChI is InChI=1S/C40H49BrN6O7/c1-6-8-18-31(49)42-25(5)34(26-14-10-9-11-15-26)53-39(52)32-33-37(50)47(27(22-48)20-24(3)4)36(40(33)21-28(41)35(32)54-40)38(51)45(19-7-2)23-46-30-17-13-12-16-29(30)43-44-46/h6-7,9-17,24-25,27-28,32-36,48H,1-2,8,18-23H2,3-5H3,(H,42,49)/t25-,27-,28?,32-,33+,34-,35-,36-,40+/m1/s1. The molecular weight excluding hydrogens is 756 g/mol. The minimum atomic E-state index is -1.41. The van der Waals surface area contributed by atoms with Crippen molar-refractivity contribution >= 4 is 50.7 Å². The summed E-state index contributed by atoms with van der Waals surface area (Å²) in [5.41, 5.74) is 0.653. The molecule has 2 N–H and O–H groups in total. The fraction of sp³-hybridized carbons (Fsp3) is 0.500. The number of halogens is 1. The average molecular weight is 806 g/mol. The van der Waals surface area contributed by atoms with Crippen LogP contribution in [0.15, 0.2) is 79.9 Å². The summed E-state index contributed by atoms with van der Waals surface area (Å²) in [6.45, 7) is 13.1. The van der Waals surface area contributed by atoms with Crippen molar-refractivity contribution < 1.29 is 33.8 Å². The fourth-order valence-corrected chi connectivity index (χ4v) is 9.44. The van der Waals surface area contributed by atoms with Crippen LogP contribution in [0, 0.1) is 17.8 Å². The third kappa shape index (κ3) is 7.35. The summed E-state index contributed by atoms with van der Waals surface area (Å²) in [4.78, 5) is 60.0. The highest BCUT2D eigenvalue weighted by Gasteiger charge is 2.77. The molecule has 3 fully saturated rings. The number of allylic oxidation sites excluding steroid dienone is 1. The van der Waals surface area contributed by atoms with E-state index in [1.54, 1.807) is 28.7 Å². The number of fused-ring (bicyclic) bond motifs is 2. The van der Waals surface area contributed by atoms with Gasteiger partial charge in [0.2, 0.25) is 17.7 Å². The van der Waals surface area contributed by atoms with Crippen LogP contribution in [-0.4, -0.2) is 101 Å². The number of amides is 3. The lowest BCUT2D eigenvalue weighted by Gasteiger charge is -2.39. The molecule has 1 aromatic heterocycles.